The Morgan fingerprint density at radius 3 is 2.85 bits per heavy atom. The molecule has 142 valence electrons. The normalized spacial score (nSPS) is 32.7. The quantitative estimate of drug-likeness (QED) is 0.579. The van der Waals surface area contributed by atoms with E-state index < -0.39 is 0 Å². The van der Waals surface area contributed by atoms with Crippen molar-refractivity contribution in [1.82, 2.24) is 0 Å². The molecule has 1 aromatic carbocycles. The summed E-state index contributed by atoms with van der Waals surface area (Å²) in [5.74, 6) is 3.60. The van der Waals surface area contributed by atoms with Crippen molar-refractivity contribution in [3.8, 4) is 5.75 Å². The number of rotatable bonds is 6. The van der Waals surface area contributed by atoms with Gasteiger partial charge in [0.05, 0.1) is 6.61 Å². The molecule has 0 aromatic heterocycles. The second-order valence-corrected chi connectivity index (χ2v) is 9.10. The molecule has 0 bridgehead atoms. The molecule has 0 unspecified atom stereocenters. The van der Waals surface area contributed by atoms with Crippen LogP contribution in [0.2, 0.25) is 0 Å². The van der Waals surface area contributed by atoms with E-state index >= 15 is 0 Å². The summed E-state index contributed by atoms with van der Waals surface area (Å²) < 4.78 is 6.01. The molecule has 2 fully saturated rings. The number of carbonyl (C=O) groups excluding carboxylic acids is 1. The van der Waals surface area contributed by atoms with Gasteiger partial charge in [0.25, 0.3) is 0 Å². The Hall–Kier alpha value is -1.31. The molecule has 0 aliphatic heterocycles. The number of Topliss-reactive ketones (excluding diaryl/α,β-unsaturated/α-hetero) is 1. The standard InChI is InChI=1S/C24H34O2/c1-3-4-5-6-15-26-18-8-10-19-17(16-18)7-9-21-20(19)13-14-24(2)22(21)11-12-23(24)25/h8,10,16,20-22H,3-7,9,11-15H2,1-2H3/t20-,21-,22+,24+/m1/s1. The summed E-state index contributed by atoms with van der Waals surface area (Å²) in [6.07, 6.45) is 11.6. The van der Waals surface area contributed by atoms with Gasteiger partial charge in [-0.3, -0.25) is 4.79 Å². The van der Waals surface area contributed by atoms with Gasteiger partial charge in [-0.25, -0.2) is 0 Å². The van der Waals surface area contributed by atoms with Gasteiger partial charge in [-0.15, -0.1) is 0 Å². The molecular formula is C24H34O2. The van der Waals surface area contributed by atoms with Crippen molar-refractivity contribution in [2.75, 3.05) is 6.61 Å². The minimum Gasteiger partial charge on any atom is -0.494 e. The zero-order chi connectivity index (χ0) is 18.1. The molecular weight excluding hydrogens is 320 g/mol. The number of benzene rings is 1. The molecule has 2 heteroatoms. The zero-order valence-electron chi connectivity index (χ0n) is 16.6. The summed E-state index contributed by atoms with van der Waals surface area (Å²) in [5.41, 5.74) is 3.05. The number of ketones is 1. The summed E-state index contributed by atoms with van der Waals surface area (Å²) in [6.45, 7) is 5.34. The molecule has 4 rings (SSSR count). The number of hydrogen-bond acceptors (Lipinski definition) is 2. The second-order valence-electron chi connectivity index (χ2n) is 9.10. The lowest BCUT2D eigenvalue weighted by Crippen LogP contribution is -2.42. The summed E-state index contributed by atoms with van der Waals surface area (Å²) in [4.78, 5) is 12.4. The third-order valence-electron chi connectivity index (χ3n) is 7.67. The summed E-state index contributed by atoms with van der Waals surface area (Å²) >= 11 is 0. The lowest BCUT2D eigenvalue weighted by atomic mass is 9.55. The summed E-state index contributed by atoms with van der Waals surface area (Å²) in [7, 11) is 0. The van der Waals surface area contributed by atoms with Gasteiger partial charge in [0.2, 0.25) is 0 Å². The predicted molar refractivity (Wildman–Crippen MR) is 106 cm³/mol. The van der Waals surface area contributed by atoms with Crippen LogP contribution in [0.4, 0.5) is 0 Å². The molecule has 0 radical (unpaired) electrons. The number of ether oxygens (including phenoxy) is 1. The highest BCUT2D eigenvalue weighted by molar-refractivity contribution is 5.87. The lowest BCUT2D eigenvalue weighted by Gasteiger charge is -2.48. The maximum atomic E-state index is 12.4. The SMILES string of the molecule is CCCCCCOc1ccc2c(c1)CC[C@@H]1[C@@H]2CC[C@]2(C)C(=O)CC[C@@H]12. The number of hydrogen-bond donors (Lipinski definition) is 0. The van der Waals surface area contributed by atoms with E-state index in [9.17, 15) is 4.79 Å². The first kappa shape index (κ1) is 18.1. The largest absolute Gasteiger partial charge is 0.494 e. The van der Waals surface area contributed by atoms with Crippen LogP contribution in [-0.2, 0) is 11.2 Å². The highest BCUT2D eigenvalue weighted by atomic mass is 16.5. The average Bonchev–Trinajstić information content (AvgIpc) is 2.96. The Balaban J connectivity index is 1.45. The van der Waals surface area contributed by atoms with Crippen LogP contribution >= 0.6 is 0 Å². The maximum absolute atomic E-state index is 12.4. The van der Waals surface area contributed by atoms with Crippen molar-refractivity contribution in [3.05, 3.63) is 29.3 Å². The highest BCUT2D eigenvalue weighted by Gasteiger charge is 2.54. The van der Waals surface area contributed by atoms with Gasteiger partial charge in [0.15, 0.2) is 0 Å². The van der Waals surface area contributed by atoms with E-state index in [4.69, 9.17) is 4.74 Å². The highest BCUT2D eigenvalue weighted by Crippen LogP contribution is 2.59. The van der Waals surface area contributed by atoms with E-state index in [1.54, 1.807) is 5.56 Å². The van der Waals surface area contributed by atoms with Crippen LogP contribution < -0.4 is 4.74 Å². The van der Waals surface area contributed by atoms with Crippen LogP contribution in [0.3, 0.4) is 0 Å². The van der Waals surface area contributed by atoms with E-state index in [1.165, 1.54) is 37.7 Å². The number of fused-ring (bicyclic) bond motifs is 5. The third kappa shape index (κ3) is 3.10. The van der Waals surface area contributed by atoms with Gasteiger partial charge in [-0.05, 0) is 79.5 Å². The summed E-state index contributed by atoms with van der Waals surface area (Å²) in [6, 6.07) is 6.83. The van der Waals surface area contributed by atoms with Crippen LogP contribution in [0.5, 0.6) is 5.75 Å². The van der Waals surface area contributed by atoms with Crippen molar-refractivity contribution in [3.63, 3.8) is 0 Å². The van der Waals surface area contributed by atoms with Gasteiger partial charge < -0.3 is 4.74 Å². The fourth-order valence-corrected chi connectivity index (χ4v) is 6.14. The molecule has 2 nitrogen and oxygen atoms in total. The molecule has 3 aliphatic carbocycles. The second kappa shape index (κ2) is 7.37. The van der Waals surface area contributed by atoms with Crippen molar-refractivity contribution >= 4 is 5.78 Å². The third-order valence-corrected chi connectivity index (χ3v) is 7.67. The molecule has 2 saturated carbocycles. The molecule has 0 N–H and O–H groups in total. The average molecular weight is 355 g/mol. The Labute approximate surface area is 158 Å². The first-order valence-corrected chi connectivity index (χ1v) is 10.9. The van der Waals surface area contributed by atoms with Crippen LogP contribution in [0.15, 0.2) is 18.2 Å². The van der Waals surface area contributed by atoms with E-state index in [0.717, 1.165) is 44.5 Å². The van der Waals surface area contributed by atoms with Crippen molar-refractivity contribution in [1.29, 1.82) is 0 Å². The minimum atomic E-state index is -0.0137. The Morgan fingerprint density at radius 1 is 1.12 bits per heavy atom. The van der Waals surface area contributed by atoms with Crippen LogP contribution in [-0.4, -0.2) is 12.4 Å². The first-order chi connectivity index (χ1) is 12.6. The molecule has 0 spiro atoms. The molecule has 0 heterocycles. The minimum absolute atomic E-state index is 0.0137. The van der Waals surface area contributed by atoms with Gasteiger partial charge in [0.1, 0.15) is 11.5 Å². The van der Waals surface area contributed by atoms with Crippen molar-refractivity contribution in [2.24, 2.45) is 17.3 Å². The molecule has 3 aliphatic rings. The van der Waals surface area contributed by atoms with E-state index in [2.05, 4.69) is 32.0 Å². The molecule has 0 amide bonds. The summed E-state index contributed by atoms with van der Waals surface area (Å²) in [5, 5.41) is 0. The van der Waals surface area contributed by atoms with E-state index in [1.807, 2.05) is 0 Å². The fourth-order valence-electron chi connectivity index (χ4n) is 6.14. The monoisotopic (exact) mass is 354 g/mol. The number of aryl methyl sites for hydroxylation is 1. The first-order valence-electron chi connectivity index (χ1n) is 10.9. The Morgan fingerprint density at radius 2 is 2.00 bits per heavy atom. The van der Waals surface area contributed by atoms with Gasteiger partial charge in [-0.2, -0.15) is 0 Å². The fraction of sp³-hybridized carbons (Fsp3) is 0.708. The van der Waals surface area contributed by atoms with E-state index in [-0.39, 0.29) is 5.41 Å². The molecule has 0 saturated heterocycles. The Bertz CT molecular complexity index is 664. The van der Waals surface area contributed by atoms with Crippen molar-refractivity contribution in [2.45, 2.75) is 84.0 Å². The molecule has 26 heavy (non-hydrogen) atoms. The van der Waals surface area contributed by atoms with Crippen LogP contribution in [0.25, 0.3) is 0 Å². The topological polar surface area (TPSA) is 26.3 Å². The maximum Gasteiger partial charge on any atom is 0.139 e. The van der Waals surface area contributed by atoms with Gasteiger partial charge >= 0.3 is 0 Å². The van der Waals surface area contributed by atoms with Crippen LogP contribution in [0.1, 0.15) is 88.7 Å². The van der Waals surface area contributed by atoms with E-state index in [0.29, 0.717) is 23.5 Å². The van der Waals surface area contributed by atoms with Crippen molar-refractivity contribution < 1.29 is 9.53 Å². The number of carbonyl (C=O) groups is 1. The van der Waals surface area contributed by atoms with Crippen LogP contribution in [0, 0.1) is 17.3 Å². The van der Waals surface area contributed by atoms with Gasteiger partial charge in [0, 0.05) is 11.8 Å². The zero-order valence-corrected chi connectivity index (χ0v) is 16.6. The van der Waals surface area contributed by atoms with Gasteiger partial charge in [-0.1, -0.05) is 39.2 Å². The molecule has 1 aromatic rings. The lowest BCUT2D eigenvalue weighted by molar-refractivity contribution is -0.129. The Kier molecular flexibility index (Phi) is 5.12. The smallest absolute Gasteiger partial charge is 0.139 e. The predicted octanol–water partition coefficient (Wildman–Crippen LogP) is 6.07. The molecule has 4 atom stereocenters. The number of unbranched alkanes of at least 4 members (excludes halogenated alkanes) is 3.